The van der Waals surface area contributed by atoms with Gasteiger partial charge in [-0.3, -0.25) is 9.59 Å². The Morgan fingerprint density at radius 1 is 0.875 bits per heavy atom. The first-order valence-electron chi connectivity index (χ1n) is 10.6. The summed E-state index contributed by atoms with van der Waals surface area (Å²) in [7, 11) is 0. The van der Waals surface area contributed by atoms with Crippen molar-refractivity contribution < 1.29 is 9.59 Å². The smallest absolute Gasteiger partial charge is 0.226 e. The molecule has 1 amide bonds. The van der Waals surface area contributed by atoms with Crippen molar-refractivity contribution in [3.8, 4) is 11.3 Å². The van der Waals surface area contributed by atoms with E-state index < -0.39 is 0 Å². The van der Waals surface area contributed by atoms with Crippen LogP contribution in [0.3, 0.4) is 0 Å². The molecule has 4 nitrogen and oxygen atoms in total. The minimum absolute atomic E-state index is 0.0127. The van der Waals surface area contributed by atoms with Gasteiger partial charge in [0.05, 0.1) is 10.6 Å². The molecule has 0 saturated carbocycles. The van der Waals surface area contributed by atoms with Gasteiger partial charge in [0, 0.05) is 34.6 Å². The number of amides is 1. The van der Waals surface area contributed by atoms with Crippen LogP contribution in [-0.4, -0.2) is 16.7 Å². The molecule has 1 N–H and O–H groups in total. The van der Waals surface area contributed by atoms with Crippen molar-refractivity contribution in [1.29, 1.82) is 0 Å². The summed E-state index contributed by atoms with van der Waals surface area (Å²) in [5.74, 6) is -0.177. The normalized spacial score (nSPS) is 10.8. The summed E-state index contributed by atoms with van der Waals surface area (Å²) in [4.78, 5) is 32.6. The van der Waals surface area contributed by atoms with Crippen molar-refractivity contribution in [3.05, 3.63) is 93.0 Å². The molecule has 0 atom stereocenters. The number of nitrogens with zero attached hydrogens (tertiary/aromatic N) is 1. The Morgan fingerprint density at radius 3 is 2.28 bits per heavy atom. The molecule has 2 aromatic heterocycles. The molecule has 0 fully saturated rings. The molecule has 4 aromatic rings. The van der Waals surface area contributed by atoms with Crippen molar-refractivity contribution in [1.82, 2.24) is 4.98 Å². The summed E-state index contributed by atoms with van der Waals surface area (Å²) in [5, 5.41) is 3.47. The first kappa shape index (κ1) is 22.1. The molecule has 32 heavy (non-hydrogen) atoms. The first-order valence-corrected chi connectivity index (χ1v) is 12.3. The zero-order valence-electron chi connectivity index (χ0n) is 17.8. The van der Waals surface area contributed by atoms with E-state index in [4.69, 9.17) is 4.98 Å². The van der Waals surface area contributed by atoms with Gasteiger partial charge in [-0.15, -0.1) is 22.7 Å². The number of aromatic nitrogens is 1. The molecule has 6 heteroatoms. The standard InChI is InChI=1S/C26H24N2O2S2/c1-2-20-13-15-22(31-20)21(29)14-16-24(30)27-26-28-25(19-11-7-4-8-12-19)23(32-26)17-18-9-5-3-6-10-18/h3-13,15H,2,14,16-17H2,1H3,(H,27,28,30). The largest absolute Gasteiger partial charge is 0.302 e. The molecule has 0 unspecified atom stereocenters. The van der Waals surface area contributed by atoms with E-state index in [0.29, 0.717) is 5.13 Å². The van der Waals surface area contributed by atoms with E-state index >= 15 is 0 Å². The molecule has 0 aliphatic carbocycles. The number of nitrogens with one attached hydrogen (secondary N) is 1. The predicted octanol–water partition coefficient (Wildman–Crippen LogP) is 6.63. The van der Waals surface area contributed by atoms with Gasteiger partial charge < -0.3 is 5.32 Å². The second kappa shape index (κ2) is 10.5. The molecule has 0 spiro atoms. The van der Waals surface area contributed by atoms with Crippen molar-refractivity contribution in [2.75, 3.05) is 5.32 Å². The fourth-order valence-electron chi connectivity index (χ4n) is 3.38. The van der Waals surface area contributed by atoms with Crippen molar-refractivity contribution in [2.24, 2.45) is 0 Å². The van der Waals surface area contributed by atoms with Crippen LogP contribution in [0.2, 0.25) is 0 Å². The molecular formula is C26H24N2O2S2. The number of hydrogen-bond acceptors (Lipinski definition) is 5. The van der Waals surface area contributed by atoms with Gasteiger partial charge in [-0.1, -0.05) is 67.6 Å². The Bertz CT molecular complexity index is 1200. The molecule has 2 aromatic carbocycles. The fourth-order valence-corrected chi connectivity index (χ4v) is 5.33. The van der Waals surface area contributed by atoms with Crippen LogP contribution in [0, 0.1) is 0 Å². The van der Waals surface area contributed by atoms with Gasteiger partial charge in [0.1, 0.15) is 0 Å². The van der Waals surface area contributed by atoms with Gasteiger partial charge in [0.15, 0.2) is 10.9 Å². The maximum Gasteiger partial charge on any atom is 0.226 e. The fraction of sp³-hybridized carbons (Fsp3) is 0.192. The number of rotatable bonds is 9. The number of thiophene rings is 1. The van der Waals surface area contributed by atoms with Crippen LogP contribution in [0.1, 0.15) is 44.8 Å². The van der Waals surface area contributed by atoms with Gasteiger partial charge in [0.2, 0.25) is 5.91 Å². The van der Waals surface area contributed by atoms with Crippen LogP contribution in [-0.2, 0) is 17.6 Å². The third-order valence-corrected chi connectivity index (χ3v) is 7.30. The van der Waals surface area contributed by atoms with E-state index in [1.54, 1.807) is 0 Å². The predicted molar refractivity (Wildman–Crippen MR) is 133 cm³/mol. The second-order valence-electron chi connectivity index (χ2n) is 7.41. The summed E-state index contributed by atoms with van der Waals surface area (Å²) in [6.07, 6.45) is 2.00. The highest BCUT2D eigenvalue weighted by atomic mass is 32.1. The monoisotopic (exact) mass is 460 g/mol. The third kappa shape index (κ3) is 5.58. The number of ketones is 1. The number of anilines is 1. The van der Waals surface area contributed by atoms with Crippen LogP contribution in [0.5, 0.6) is 0 Å². The Hall–Kier alpha value is -3.09. The van der Waals surface area contributed by atoms with Gasteiger partial charge >= 0.3 is 0 Å². The zero-order valence-corrected chi connectivity index (χ0v) is 19.5. The summed E-state index contributed by atoms with van der Waals surface area (Å²) in [5.41, 5.74) is 3.10. The average molecular weight is 461 g/mol. The number of Topliss-reactive ketones (excluding diaryl/α,β-unsaturated/α-hetero) is 1. The highest BCUT2D eigenvalue weighted by molar-refractivity contribution is 7.16. The van der Waals surface area contributed by atoms with E-state index in [2.05, 4.69) is 24.4 Å². The summed E-state index contributed by atoms with van der Waals surface area (Å²) < 4.78 is 0. The van der Waals surface area contributed by atoms with Crippen molar-refractivity contribution >= 4 is 39.5 Å². The molecule has 0 aliphatic heterocycles. The Balaban J connectivity index is 1.45. The zero-order chi connectivity index (χ0) is 22.3. The molecule has 0 radical (unpaired) electrons. The maximum atomic E-state index is 12.5. The van der Waals surface area contributed by atoms with Crippen molar-refractivity contribution in [3.63, 3.8) is 0 Å². The van der Waals surface area contributed by atoms with Crippen LogP contribution in [0.4, 0.5) is 5.13 Å². The topological polar surface area (TPSA) is 59.1 Å². The molecule has 0 aliphatic rings. The van der Waals surface area contributed by atoms with Crippen LogP contribution >= 0.6 is 22.7 Å². The van der Waals surface area contributed by atoms with E-state index in [0.717, 1.165) is 33.9 Å². The van der Waals surface area contributed by atoms with E-state index in [1.165, 1.54) is 33.1 Å². The third-order valence-electron chi connectivity index (χ3n) is 5.06. The quantitative estimate of drug-likeness (QED) is 0.285. The van der Waals surface area contributed by atoms with Gasteiger partial charge in [-0.25, -0.2) is 4.98 Å². The highest BCUT2D eigenvalue weighted by Gasteiger charge is 2.17. The number of carbonyl (C=O) groups excluding carboxylic acids is 2. The molecule has 162 valence electrons. The SMILES string of the molecule is CCc1ccc(C(=O)CCC(=O)Nc2nc(-c3ccccc3)c(Cc3ccccc3)s2)s1. The maximum absolute atomic E-state index is 12.5. The highest BCUT2D eigenvalue weighted by Crippen LogP contribution is 2.33. The molecular weight excluding hydrogens is 436 g/mol. The number of aryl methyl sites for hydroxylation is 1. The number of benzene rings is 2. The van der Waals surface area contributed by atoms with Crippen LogP contribution in [0.25, 0.3) is 11.3 Å². The molecule has 2 heterocycles. The first-order chi connectivity index (χ1) is 15.6. The summed E-state index contributed by atoms with van der Waals surface area (Å²) in [6, 6.07) is 24.1. The lowest BCUT2D eigenvalue weighted by Crippen LogP contribution is -2.13. The Kier molecular flexibility index (Phi) is 7.24. The van der Waals surface area contributed by atoms with Gasteiger partial charge in [-0.05, 0) is 24.1 Å². The molecule has 4 rings (SSSR count). The van der Waals surface area contributed by atoms with E-state index in [1.807, 2.05) is 60.7 Å². The lowest BCUT2D eigenvalue weighted by atomic mass is 10.1. The number of carbonyl (C=O) groups is 2. The minimum Gasteiger partial charge on any atom is -0.302 e. The Labute approximate surface area is 196 Å². The number of hydrogen-bond donors (Lipinski definition) is 1. The lowest BCUT2D eigenvalue weighted by molar-refractivity contribution is -0.116. The Morgan fingerprint density at radius 2 is 1.59 bits per heavy atom. The minimum atomic E-state index is -0.190. The van der Waals surface area contributed by atoms with Crippen LogP contribution < -0.4 is 5.32 Å². The summed E-state index contributed by atoms with van der Waals surface area (Å²) in [6.45, 7) is 2.07. The van der Waals surface area contributed by atoms with Gasteiger partial charge in [0.25, 0.3) is 0 Å². The van der Waals surface area contributed by atoms with E-state index in [9.17, 15) is 9.59 Å². The molecule has 0 saturated heterocycles. The van der Waals surface area contributed by atoms with E-state index in [-0.39, 0.29) is 24.5 Å². The van der Waals surface area contributed by atoms with Crippen LogP contribution in [0.15, 0.2) is 72.8 Å². The molecule has 0 bridgehead atoms. The van der Waals surface area contributed by atoms with Gasteiger partial charge in [-0.2, -0.15) is 0 Å². The average Bonchev–Trinajstić information content (AvgIpc) is 3.46. The summed E-state index contributed by atoms with van der Waals surface area (Å²) >= 11 is 3.00. The second-order valence-corrected chi connectivity index (χ2v) is 9.66. The van der Waals surface area contributed by atoms with Crippen molar-refractivity contribution in [2.45, 2.75) is 32.6 Å². The lowest BCUT2D eigenvalue weighted by Gasteiger charge is -2.02. The number of thiazole rings is 1.